The minimum atomic E-state index is 0.361. The van der Waals surface area contributed by atoms with Crippen LogP contribution in [-0.4, -0.2) is 9.78 Å². The van der Waals surface area contributed by atoms with Crippen molar-refractivity contribution in [3.63, 3.8) is 0 Å². The molecule has 0 aliphatic carbocycles. The van der Waals surface area contributed by atoms with Crippen molar-refractivity contribution in [1.29, 1.82) is 5.26 Å². The molecule has 0 saturated carbocycles. The van der Waals surface area contributed by atoms with Crippen LogP contribution in [0.3, 0.4) is 0 Å². The third-order valence-corrected chi connectivity index (χ3v) is 3.36. The average molecular weight is 274 g/mol. The monoisotopic (exact) mass is 274 g/mol. The van der Waals surface area contributed by atoms with Gasteiger partial charge in [-0.1, -0.05) is 48.0 Å². The number of nitrogens with zero attached hydrogens (tertiary/aromatic N) is 3. The van der Waals surface area contributed by atoms with E-state index in [9.17, 15) is 5.26 Å². The van der Waals surface area contributed by atoms with Crippen LogP contribution < -0.4 is 5.73 Å². The number of aryl methyl sites for hydroxylation is 1. The maximum Gasteiger partial charge on any atom is 0.145 e. The topological polar surface area (TPSA) is 67.6 Å². The van der Waals surface area contributed by atoms with Crippen molar-refractivity contribution in [2.75, 3.05) is 5.73 Å². The summed E-state index contributed by atoms with van der Waals surface area (Å²) in [5.41, 5.74) is 10.00. The third kappa shape index (κ3) is 2.26. The van der Waals surface area contributed by atoms with Gasteiger partial charge in [0.1, 0.15) is 23.1 Å². The number of hydrogen-bond donors (Lipinski definition) is 1. The van der Waals surface area contributed by atoms with Gasteiger partial charge in [0.05, 0.1) is 5.69 Å². The highest BCUT2D eigenvalue weighted by Gasteiger charge is 2.17. The maximum atomic E-state index is 9.38. The van der Waals surface area contributed by atoms with Gasteiger partial charge in [0.25, 0.3) is 0 Å². The Morgan fingerprint density at radius 2 is 1.71 bits per heavy atom. The van der Waals surface area contributed by atoms with E-state index in [1.54, 1.807) is 4.68 Å². The number of nitrogens with two attached hydrogens (primary N) is 1. The van der Waals surface area contributed by atoms with Gasteiger partial charge in [-0.05, 0) is 19.1 Å². The lowest BCUT2D eigenvalue weighted by Gasteiger charge is -2.03. The molecule has 0 aliphatic rings. The Balaban J connectivity index is 2.19. The summed E-state index contributed by atoms with van der Waals surface area (Å²) in [7, 11) is 0. The minimum absolute atomic E-state index is 0.361. The highest BCUT2D eigenvalue weighted by atomic mass is 15.3. The summed E-state index contributed by atoms with van der Waals surface area (Å²) in [5, 5.41) is 13.9. The molecule has 0 bridgehead atoms. The van der Waals surface area contributed by atoms with E-state index in [1.807, 2.05) is 61.5 Å². The van der Waals surface area contributed by atoms with Gasteiger partial charge in [0, 0.05) is 5.56 Å². The van der Waals surface area contributed by atoms with E-state index in [2.05, 4.69) is 11.2 Å². The lowest BCUT2D eigenvalue weighted by atomic mass is 10.1. The average Bonchev–Trinajstić information content (AvgIpc) is 2.86. The van der Waals surface area contributed by atoms with Crippen LogP contribution in [0.1, 0.15) is 11.1 Å². The van der Waals surface area contributed by atoms with Crippen molar-refractivity contribution in [2.45, 2.75) is 6.92 Å². The van der Waals surface area contributed by atoms with E-state index in [0.717, 1.165) is 16.8 Å². The van der Waals surface area contributed by atoms with Gasteiger partial charge in [-0.25, -0.2) is 4.68 Å². The molecule has 102 valence electrons. The smallest absolute Gasteiger partial charge is 0.145 e. The largest absolute Gasteiger partial charge is 0.382 e. The molecule has 0 unspecified atom stereocenters. The van der Waals surface area contributed by atoms with Gasteiger partial charge in [-0.15, -0.1) is 0 Å². The fraction of sp³-hybridized carbons (Fsp3) is 0.0588. The molecule has 0 radical (unpaired) electrons. The number of nitriles is 1. The first-order valence-corrected chi connectivity index (χ1v) is 6.62. The molecule has 1 heterocycles. The molecule has 4 heteroatoms. The Bertz CT molecular complexity index is 808. The normalized spacial score (nSPS) is 10.3. The first-order valence-electron chi connectivity index (χ1n) is 6.62. The van der Waals surface area contributed by atoms with Gasteiger partial charge in [-0.2, -0.15) is 10.4 Å². The zero-order valence-electron chi connectivity index (χ0n) is 11.6. The second-order valence-electron chi connectivity index (χ2n) is 4.83. The van der Waals surface area contributed by atoms with Crippen LogP contribution in [0.5, 0.6) is 0 Å². The van der Waals surface area contributed by atoms with E-state index in [0.29, 0.717) is 17.1 Å². The van der Waals surface area contributed by atoms with Gasteiger partial charge in [0.15, 0.2) is 0 Å². The van der Waals surface area contributed by atoms with Gasteiger partial charge >= 0.3 is 0 Å². The first-order chi connectivity index (χ1) is 10.2. The molecule has 0 amide bonds. The van der Waals surface area contributed by atoms with Crippen molar-refractivity contribution in [2.24, 2.45) is 0 Å². The number of rotatable bonds is 2. The second kappa shape index (κ2) is 5.14. The number of anilines is 1. The summed E-state index contributed by atoms with van der Waals surface area (Å²) in [4.78, 5) is 0. The van der Waals surface area contributed by atoms with Crippen molar-refractivity contribution in [1.82, 2.24) is 9.78 Å². The van der Waals surface area contributed by atoms with Crippen molar-refractivity contribution >= 4 is 5.82 Å². The summed E-state index contributed by atoms with van der Waals surface area (Å²) < 4.78 is 1.61. The second-order valence-corrected chi connectivity index (χ2v) is 4.83. The molecule has 0 fully saturated rings. The predicted octanol–water partition coefficient (Wildman–Crippen LogP) is 3.30. The van der Waals surface area contributed by atoms with Gasteiger partial charge in [0.2, 0.25) is 0 Å². The zero-order valence-corrected chi connectivity index (χ0v) is 11.6. The Morgan fingerprint density at radius 3 is 2.33 bits per heavy atom. The molecule has 0 spiro atoms. The predicted molar refractivity (Wildman–Crippen MR) is 82.9 cm³/mol. The Labute approximate surface area is 123 Å². The van der Waals surface area contributed by atoms with Gasteiger partial charge < -0.3 is 5.73 Å². The zero-order chi connectivity index (χ0) is 14.8. The molecule has 0 saturated heterocycles. The Morgan fingerprint density at radius 1 is 1.05 bits per heavy atom. The van der Waals surface area contributed by atoms with Crippen LogP contribution >= 0.6 is 0 Å². The molecule has 0 aliphatic heterocycles. The summed E-state index contributed by atoms with van der Waals surface area (Å²) >= 11 is 0. The molecule has 0 atom stereocenters. The fourth-order valence-electron chi connectivity index (χ4n) is 2.22. The maximum absolute atomic E-state index is 9.38. The van der Waals surface area contributed by atoms with E-state index in [-0.39, 0.29) is 0 Å². The van der Waals surface area contributed by atoms with Crippen molar-refractivity contribution in [3.05, 3.63) is 65.7 Å². The van der Waals surface area contributed by atoms with Crippen LogP contribution in [0.4, 0.5) is 5.82 Å². The van der Waals surface area contributed by atoms with Crippen LogP contribution in [0.2, 0.25) is 0 Å². The molecule has 2 aromatic carbocycles. The lowest BCUT2D eigenvalue weighted by molar-refractivity contribution is 0.894. The summed E-state index contributed by atoms with van der Waals surface area (Å²) in [5.74, 6) is 0.361. The van der Waals surface area contributed by atoms with E-state index < -0.39 is 0 Å². The fourth-order valence-corrected chi connectivity index (χ4v) is 2.22. The van der Waals surface area contributed by atoms with Crippen molar-refractivity contribution < 1.29 is 0 Å². The van der Waals surface area contributed by atoms with E-state index in [1.165, 1.54) is 0 Å². The number of benzene rings is 2. The van der Waals surface area contributed by atoms with Crippen LogP contribution in [0.25, 0.3) is 16.9 Å². The summed E-state index contributed by atoms with van der Waals surface area (Å²) in [6, 6.07) is 19.6. The van der Waals surface area contributed by atoms with E-state index in [4.69, 9.17) is 5.73 Å². The molecule has 2 N–H and O–H groups in total. The van der Waals surface area contributed by atoms with Crippen LogP contribution in [0, 0.1) is 18.3 Å². The van der Waals surface area contributed by atoms with Crippen LogP contribution in [-0.2, 0) is 0 Å². The van der Waals surface area contributed by atoms with Crippen molar-refractivity contribution in [3.8, 4) is 23.0 Å². The number of nitrogen functional groups attached to an aromatic ring is 1. The molecular formula is C17H14N4. The first kappa shape index (κ1) is 12.9. The molecule has 4 nitrogen and oxygen atoms in total. The number of aromatic nitrogens is 2. The summed E-state index contributed by atoms with van der Waals surface area (Å²) in [6.45, 7) is 2.02. The Kier molecular flexibility index (Phi) is 3.17. The van der Waals surface area contributed by atoms with E-state index >= 15 is 0 Å². The van der Waals surface area contributed by atoms with Gasteiger partial charge in [-0.3, -0.25) is 0 Å². The summed E-state index contributed by atoms with van der Waals surface area (Å²) in [6.07, 6.45) is 0. The lowest BCUT2D eigenvalue weighted by Crippen LogP contribution is -2.02. The minimum Gasteiger partial charge on any atom is -0.382 e. The standard InChI is InChI=1S/C17H14N4/c1-12-7-9-14(10-8-12)21-17(19)15(11-18)16(20-21)13-5-3-2-4-6-13/h2-10H,19H2,1H3. The molecule has 1 aromatic heterocycles. The third-order valence-electron chi connectivity index (χ3n) is 3.36. The van der Waals surface area contributed by atoms with Crippen LogP contribution in [0.15, 0.2) is 54.6 Å². The highest BCUT2D eigenvalue weighted by molar-refractivity contribution is 5.73. The number of hydrogen-bond acceptors (Lipinski definition) is 3. The highest BCUT2D eigenvalue weighted by Crippen LogP contribution is 2.28. The molecule has 21 heavy (non-hydrogen) atoms. The molecule has 3 rings (SSSR count). The Hall–Kier alpha value is -3.06. The molecular weight excluding hydrogens is 260 g/mol. The molecule has 3 aromatic rings. The SMILES string of the molecule is Cc1ccc(-n2nc(-c3ccccc3)c(C#N)c2N)cc1. The quantitative estimate of drug-likeness (QED) is 0.779.